The highest BCUT2D eigenvalue weighted by atomic mass is 35.5. The monoisotopic (exact) mass is 319 g/mol. The predicted octanol–water partition coefficient (Wildman–Crippen LogP) is 2.25. The molecule has 1 N–H and O–H groups in total. The largest absolute Gasteiger partial charge is 0.416 e. The minimum atomic E-state index is -4.59. The van der Waals surface area contributed by atoms with Crippen molar-refractivity contribution in [3.8, 4) is 0 Å². The molecule has 0 spiro atoms. The molecule has 1 aromatic carbocycles. The highest BCUT2D eigenvalue weighted by molar-refractivity contribution is 6.36. The summed E-state index contributed by atoms with van der Waals surface area (Å²) in [5, 5.41) is 1.92. The standard InChI is InChI=1S/C13H9ClF3NO3/c14-8-5-6(13(15,16)17)1-2-7(8)11(20)10-9(19)3-4-18-12(10)21/h1-2,5,10H,3-4H2,(H,18,21). The van der Waals surface area contributed by atoms with E-state index in [1.54, 1.807) is 0 Å². The molecule has 2 rings (SSSR count). The maximum atomic E-state index is 12.5. The van der Waals surface area contributed by atoms with Crippen molar-refractivity contribution in [1.29, 1.82) is 0 Å². The SMILES string of the molecule is O=C1CCNC(=O)C1C(=O)c1ccc(C(F)(F)F)cc1Cl. The van der Waals surface area contributed by atoms with E-state index < -0.39 is 40.2 Å². The molecule has 1 fully saturated rings. The smallest absolute Gasteiger partial charge is 0.355 e. The second-order valence-electron chi connectivity index (χ2n) is 4.50. The fraction of sp³-hybridized carbons (Fsp3) is 0.308. The van der Waals surface area contributed by atoms with Crippen molar-refractivity contribution in [2.75, 3.05) is 6.54 Å². The van der Waals surface area contributed by atoms with Crippen LogP contribution in [0, 0.1) is 5.92 Å². The number of piperidine rings is 1. The van der Waals surface area contributed by atoms with Crippen LogP contribution in [0.4, 0.5) is 13.2 Å². The van der Waals surface area contributed by atoms with Gasteiger partial charge in [-0.15, -0.1) is 0 Å². The second kappa shape index (κ2) is 5.48. The number of hydrogen-bond acceptors (Lipinski definition) is 3. The van der Waals surface area contributed by atoms with Gasteiger partial charge in [0.2, 0.25) is 5.91 Å². The van der Waals surface area contributed by atoms with Crippen molar-refractivity contribution in [3.63, 3.8) is 0 Å². The normalized spacial score (nSPS) is 19.3. The van der Waals surface area contributed by atoms with Crippen molar-refractivity contribution in [1.82, 2.24) is 5.32 Å². The Labute approximate surface area is 122 Å². The van der Waals surface area contributed by atoms with E-state index in [-0.39, 0.29) is 18.5 Å². The van der Waals surface area contributed by atoms with Crippen LogP contribution in [0.15, 0.2) is 18.2 Å². The number of rotatable bonds is 2. The van der Waals surface area contributed by atoms with E-state index >= 15 is 0 Å². The van der Waals surface area contributed by atoms with E-state index in [1.807, 2.05) is 0 Å². The van der Waals surface area contributed by atoms with E-state index in [0.717, 1.165) is 6.07 Å². The molecule has 1 heterocycles. The third kappa shape index (κ3) is 3.07. The molecule has 0 saturated carbocycles. The summed E-state index contributed by atoms with van der Waals surface area (Å²) in [6, 6.07) is 2.16. The minimum Gasteiger partial charge on any atom is -0.355 e. The number of alkyl halides is 3. The third-order valence-corrected chi connectivity index (χ3v) is 3.39. The molecule has 1 amide bonds. The number of carbonyl (C=O) groups is 3. The summed E-state index contributed by atoms with van der Waals surface area (Å²) in [5.74, 6) is -3.77. The van der Waals surface area contributed by atoms with Crippen LogP contribution in [0.3, 0.4) is 0 Å². The summed E-state index contributed by atoms with van der Waals surface area (Å²) >= 11 is 5.68. The Kier molecular flexibility index (Phi) is 4.04. The zero-order chi connectivity index (χ0) is 15.8. The Morgan fingerprint density at radius 1 is 1.29 bits per heavy atom. The zero-order valence-electron chi connectivity index (χ0n) is 10.5. The van der Waals surface area contributed by atoms with E-state index in [9.17, 15) is 27.6 Å². The molecule has 1 saturated heterocycles. The number of benzene rings is 1. The lowest BCUT2D eigenvalue weighted by molar-refractivity contribution is -0.138. The van der Waals surface area contributed by atoms with Crippen LogP contribution < -0.4 is 5.32 Å². The Balaban J connectivity index is 2.36. The summed E-state index contributed by atoms with van der Waals surface area (Å²) in [6.45, 7) is 0.141. The first-order valence-electron chi connectivity index (χ1n) is 5.93. The quantitative estimate of drug-likeness (QED) is 0.672. The van der Waals surface area contributed by atoms with Gasteiger partial charge >= 0.3 is 6.18 Å². The van der Waals surface area contributed by atoms with Gasteiger partial charge in [0, 0.05) is 18.5 Å². The van der Waals surface area contributed by atoms with Gasteiger partial charge in [0.1, 0.15) is 0 Å². The maximum Gasteiger partial charge on any atom is 0.416 e. The molecule has 1 aliphatic heterocycles. The number of hydrogen-bond donors (Lipinski definition) is 1. The first-order valence-corrected chi connectivity index (χ1v) is 6.31. The Bertz CT molecular complexity index is 612. The van der Waals surface area contributed by atoms with Gasteiger partial charge in [0.25, 0.3) is 0 Å². The highest BCUT2D eigenvalue weighted by Gasteiger charge is 2.38. The summed E-state index contributed by atoms with van der Waals surface area (Å²) in [6.07, 6.45) is -4.59. The lowest BCUT2D eigenvalue weighted by atomic mass is 9.88. The number of carbonyl (C=O) groups excluding carboxylic acids is 3. The molecule has 8 heteroatoms. The van der Waals surface area contributed by atoms with Gasteiger partial charge in [-0.2, -0.15) is 13.2 Å². The average molecular weight is 320 g/mol. The fourth-order valence-corrected chi connectivity index (χ4v) is 2.29. The molecule has 0 aromatic heterocycles. The number of amides is 1. The molecule has 1 aromatic rings. The summed E-state index contributed by atoms with van der Waals surface area (Å²) in [5.41, 5.74) is -1.29. The van der Waals surface area contributed by atoms with Gasteiger partial charge in [0.05, 0.1) is 10.6 Å². The summed E-state index contributed by atoms with van der Waals surface area (Å²) in [7, 11) is 0. The maximum absolute atomic E-state index is 12.5. The van der Waals surface area contributed by atoms with Gasteiger partial charge in [-0.1, -0.05) is 11.6 Å². The first kappa shape index (κ1) is 15.5. The molecule has 1 atom stereocenters. The number of nitrogens with one attached hydrogen (secondary N) is 1. The lowest BCUT2D eigenvalue weighted by Gasteiger charge is -2.20. The molecule has 0 aliphatic carbocycles. The van der Waals surface area contributed by atoms with Crippen LogP contribution in [-0.2, 0) is 15.8 Å². The van der Waals surface area contributed by atoms with Crippen molar-refractivity contribution in [2.24, 2.45) is 5.92 Å². The second-order valence-corrected chi connectivity index (χ2v) is 4.90. The molecule has 0 radical (unpaired) electrons. The predicted molar refractivity (Wildman–Crippen MR) is 66.9 cm³/mol. The lowest BCUT2D eigenvalue weighted by Crippen LogP contribution is -2.46. The molecule has 1 aliphatic rings. The molecule has 0 bridgehead atoms. The minimum absolute atomic E-state index is 0.000397. The molecule has 4 nitrogen and oxygen atoms in total. The number of halogens is 4. The van der Waals surface area contributed by atoms with Crippen LogP contribution >= 0.6 is 11.6 Å². The van der Waals surface area contributed by atoms with Gasteiger partial charge in [-0.05, 0) is 18.2 Å². The summed E-state index contributed by atoms with van der Waals surface area (Å²) < 4.78 is 37.6. The zero-order valence-corrected chi connectivity index (χ0v) is 11.2. The highest BCUT2D eigenvalue weighted by Crippen LogP contribution is 2.33. The van der Waals surface area contributed by atoms with E-state index in [4.69, 9.17) is 11.6 Å². The summed E-state index contributed by atoms with van der Waals surface area (Å²) in [4.78, 5) is 35.4. The van der Waals surface area contributed by atoms with E-state index in [0.29, 0.717) is 12.1 Å². The molecule has 1 unspecified atom stereocenters. The van der Waals surface area contributed by atoms with Crippen LogP contribution in [0.5, 0.6) is 0 Å². The molecular weight excluding hydrogens is 311 g/mol. The van der Waals surface area contributed by atoms with E-state index in [1.165, 1.54) is 0 Å². The van der Waals surface area contributed by atoms with Crippen LogP contribution in [0.1, 0.15) is 22.3 Å². The van der Waals surface area contributed by atoms with Crippen molar-refractivity contribution in [2.45, 2.75) is 12.6 Å². The van der Waals surface area contributed by atoms with Crippen molar-refractivity contribution in [3.05, 3.63) is 34.3 Å². The Morgan fingerprint density at radius 2 is 1.95 bits per heavy atom. The number of Topliss-reactive ketones (excluding diaryl/α,β-unsaturated/α-hetero) is 2. The first-order chi connectivity index (χ1) is 9.71. The fourth-order valence-electron chi connectivity index (χ4n) is 2.01. The van der Waals surface area contributed by atoms with Gasteiger partial charge in [-0.3, -0.25) is 14.4 Å². The van der Waals surface area contributed by atoms with Crippen LogP contribution in [-0.4, -0.2) is 24.0 Å². The van der Waals surface area contributed by atoms with Crippen molar-refractivity contribution < 1.29 is 27.6 Å². The topological polar surface area (TPSA) is 63.2 Å². The Morgan fingerprint density at radius 3 is 2.48 bits per heavy atom. The van der Waals surface area contributed by atoms with Gasteiger partial charge in [-0.25, -0.2) is 0 Å². The van der Waals surface area contributed by atoms with Crippen LogP contribution in [0.2, 0.25) is 5.02 Å². The van der Waals surface area contributed by atoms with E-state index in [2.05, 4.69) is 5.32 Å². The van der Waals surface area contributed by atoms with Gasteiger partial charge < -0.3 is 5.32 Å². The van der Waals surface area contributed by atoms with Crippen molar-refractivity contribution >= 4 is 29.1 Å². The number of ketones is 2. The Hall–Kier alpha value is -1.89. The van der Waals surface area contributed by atoms with Gasteiger partial charge in [0.15, 0.2) is 17.5 Å². The molecular formula is C13H9ClF3NO3. The molecule has 112 valence electrons. The third-order valence-electron chi connectivity index (χ3n) is 3.08. The average Bonchev–Trinajstić information content (AvgIpc) is 2.37. The van der Waals surface area contributed by atoms with Crippen LogP contribution in [0.25, 0.3) is 0 Å². The molecule has 21 heavy (non-hydrogen) atoms.